The van der Waals surface area contributed by atoms with E-state index in [9.17, 15) is 0 Å². The molecule has 0 spiro atoms. The van der Waals surface area contributed by atoms with Gasteiger partial charge in [-0.3, -0.25) is 4.90 Å². The predicted molar refractivity (Wildman–Crippen MR) is 110 cm³/mol. The van der Waals surface area contributed by atoms with Gasteiger partial charge < -0.3 is 24.3 Å². The van der Waals surface area contributed by atoms with Gasteiger partial charge in [0.05, 0.1) is 13.2 Å². The standard InChI is InChI=1S/C17H24N4O2S.C2H2O4/c1-2-21-16(14-23-15-6-4-3-5-7-15)18-19-17(21)24-13-10-20-8-11-22-12-9-20;3-1(4)2(5)6/h3-7H,2,8-14H2,1H3;(H,3,4)(H,5,6). The van der Waals surface area contributed by atoms with Crippen LogP contribution in [-0.4, -0.2) is 80.4 Å². The minimum Gasteiger partial charge on any atom is -0.486 e. The number of rotatable bonds is 8. The van der Waals surface area contributed by atoms with Gasteiger partial charge in [-0.1, -0.05) is 30.0 Å². The summed E-state index contributed by atoms with van der Waals surface area (Å²) in [6, 6.07) is 9.81. The molecule has 1 aliphatic heterocycles. The summed E-state index contributed by atoms with van der Waals surface area (Å²) < 4.78 is 13.3. The molecule has 2 aromatic rings. The Morgan fingerprint density at radius 1 is 1.13 bits per heavy atom. The Morgan fingerprint density at radius 2 is 1.80 bits per heavy atom. The number of benzene rings is 1. The topological polar surface area (TPSA) is 127 Å². The Balaban J connectivity index is 0.000000469. The molecule has 1 aromatic heterocycles. The van der Waals surface area contributed by atoms with Gasteiger partial charge in [0.25, 0.3) is 0 Å². The van der Waals surface area contributed by atoms with E-state index >= 15 is 0 Å². The van der Waals surface area contributed by atoms with E-state index in [0.29, 0.717) is 6.61 Å². The number of para-hydroxylation sites is 1. The zero-order valence-electron chi connectivity index (χ0n) is 16.8. The van der Waals surface area contributed by atoms with Crippen molar-refractivity contribution in [2.24, 2.45) is 0 Å². The van der Waals surface area contributed by atoms with Gasteiger partial charge >= 0.3 is 11.9 Å². The van der Waals surface area contributed by atoms with Crippen LogP contribution in [0, 0.1) is 0 Å². The molecule has 30 heavy (non-hydrogen) atoms. The fraction of sp³-hybridized carbons (Fsp3) is 0.474. The van der Waals surface area contributed by atoms with Gasteiger partial charge in [0, 0.05) is 31.9 Å². The van der Waals surface area contributed by atoms with Gasteiger partial charge in [-0.15, -0.1) is 10.2 Å². The molecule has 0 saturated carbocycles. The van der Waals surface area contributed by atoms with Crippen LogP contribution in [-0.2, 0) is 27.5 Å². The Hall–Kier alpha value is -2.63. The van der Waals surface area contributed by atoms with Crippen molar-refractivity contribution in [3.05, 3.63) is 36.2 Å². The Morgan fingerprint density at radius 3 is 2.40 bits per heavy atom. The molecule has 0 atom stereocenters. The second-order valence-electron chi connectivity index (χ2n) is 6.16. The number of carboxylic acid groups (broad SMARTS) is 2. The van der Waals surface area contributed by atoms with E-state index in [-0.39, 0.29) is 0 Å². The molecule has 1 aliphatic rings. The Labute approximate surface area is 178 Å². The van der Waals surface area contributed by atoms with Gasteiger partial charge in [-0.2, -0.15) is 0 Å². The quantitative estimate of drug-likeness (QED) is 0.462. The number of hydrogen-bond donors (Lipinski definition) is 2. The number of carboxylic acids is 2. The van der Waals surface area contributed by atoms with E-state index in [0.717, 1.165) is 61.9 Å². The summed E-state index contributed by atoms with van der Waals surface area (Å²) >= 11 is 1.76. The van der Waals surface area contributed by atoms with Crippen LogP contribution in [0.4, 0.5) is 0 Å². The fourth-order valence-corrected chi connectivity index (χ4v) is 3.63. The van der Waals surface area contributed by atoms with Crippen molar-refractivity contribution in [1.29, 1.82) is 0 Å². The molecule has 1 saturated heterocycles. The molecule has 1 fully saturated rings. The first kappa shape index (κ1) is 23.6. The highest BCUT2D eigenvalue weighted by molar-refractivity contribution is 7.99. The van der Waals surface area contributed by atoms with Gasteiger partial charge in [-0.25, -0.2) is 9.59 Å². The highest BCUT2D eigenvalue weighted by Crippen LogP contribution is 2.19. The molecule has 0 amide bonds. The van der Waals surface area contributed by atoms with Gasteiger partial charge in [0.2, 0.25) is 0 Å². The lowest BCUT2D eigenvalue weighted by molar-refractivity contribution is -0.159. The summed E-state index contributed by atoms with van der Waals surface area (Å²) in [6.45, 7) is 8.19. The summed E-state index contributed by atoms with van der Waals surface area (Å²) in [6.07, 6.45) is 0. The molecule has 1 aromatic carbocycles. The zero-order chi connectivity index (χ0) is 21.8. The van der Waals surface area contributed by atoms with Gasteiger partial charge in [0.15, 0.2) is 11.0 Å². The Bertz CT molecular complexity index is 784. The lowest BCUT2D eigenvalue weighted by Gasteiger charge is -2.26. The average Bonchev–Trinajstić information content (AvgIpc) is 3.16. The second-order valence-corrected chi connectivity index (χ2v) is 7.22. The third-order valence-corrected chi connectivity index (χ3v) is 5.09. The van der Waals surface area contributed by atoms with Crippen molar-refractivity contribution in [3.8, 4) is 5.75 Å². The van der Waals surface area contributed by atoms with Crippen molar-refractivity contribution in [1.82, 2.24) is 19.7 Å². The van der Waals surface area contributed by atoms with Crippen molar-refractivity contribution in [2.75, 3.05) is 38.6 Å². The maximum absolute atomic E-state index is 9.10. The summed E-state index contributed by atoms with van der Waals surface area (Å²) in [4.78, 5) is 20.6. The molecule has 0 unspecified atom stereocenters. The lowest BCUT2D eigenvalue weighted by atomic mass is 10.3. The van der Waals surface area contributed by atoms with Crippen LogP contribution in [0.15, 0.2) is 35.5 Å². The van der Waals surface area contributed by atoms with Crippen LogP contribution in [0.3, 0.4) is 0 Å². The SMILES string of the molecule is CCn1c(COc2ccccc2)nnc1SCCN1CCOCC1.O=C(O)C(=O)O. The van der Waals surface area contributed by atoms with E-state index in [1.54, 1.807) is 11.8 Å². The van der Waals surface area contributed by atoms with Crippen molar-refractivity contribution < 1.29 is 29.3 Å². The number of thioether (sulfide) groups is 1. The lowest BCUT2D eigenvalue weighted by Crippen LogP contribution is -2.37. The third kappa shape index (κ3) is 8.01. The molecule has 2 N–H and O–H groups in total. The minimum absolute atomic E-state index is 0.439. The number of nitrogens with zero attached hydrogens (tertiary/aromatic N) is 4. The van der Waals surface area contributed by atoms with E-state index in [4.69, 9.17) is 29.3 Å². The Kier molecular flexibility index (Phi) is 10.1. The normalized spacial score (nSPS) is 13.9. The molecule has 0 bridgehead atoms. The van der Waals surface area contributed by atoms with Crippen LogP contribution in [0.1, 0.15) is 12.7 Å². The highest BCUT2D eigenvalue weighted by Gasteiger charge is 2.14. The maximum Gasteiger partial charge on any atom is 0.414 e. The van der Waals surface area contributed by atoms with Crippen LogP contribution in [0.25, 0.3) is 0 Å². The van der Waals surface area contributed by atoms with Crippen LogP contribution in [0.2, 0.25) is 0 Å². The summed E-state index contributed by atoms with van der Waals surface area (Å²) in [5.74, 6) is -0.914. The van der Waals surface area contributed by atoms with E-state index < -0.39 is 11.9 Å². The molecular weight excluding hydrogens is 412 g/mol. The number of hydrogen-bond acceptors (Lipinski definition) is 8. The predicted octanol–water partition coefficient (Wildman–Crippen LogP) is 1.46. The number of aliphatic carboxylic acids is 2. The summed E-state index contributed by atoms with van der Waals surface area (Å²) in [5, 5.41) is 24.4. The first-order valence-corrected chi connectivity index (χ1v) is 10.5. The number of carbonyl (C=O) groups is 2. The smallest absolute Gasteiger partial charge is 0.414 e. The molecule has 3 rings (SSSR count). The number of aromatic nitrogens is 3. The van der Waals surface area contributed by atoms with Gasteiger partial charge in [-0.05, 0) is 19.1 Å². The molecule has 0 aliphatic carbocycles. The van der Waals surface area contributed by atoms with Crippen LogP contribution >= 0.6 is 11.8 Å². The zero-order valence-corrected chi connectivity index (χ0v) is 17.6. The molecular formula is C19H26N4O6S. The monoisotopic (exact) mass is 438 g/mol. The average molecular weight is 439 g/mol. The van der Waals surface area contributed by atoms with Crippen LogP contribution in [0.5, 0.6) is 5.75 Å². The van der Waals surface area contributed by atoms with Crippen molar-refractivity contribution >= 4 is 23.7 Å². The molecule has 11 heteroatoms. The van der Waals surface area contributed by atoms with E-state index in [2.05, 4.69) is 26.6 Å². The number of morpholine rings is 1. The van der Waals surface area contributed by atoms with Crippen molar-refractivity contribution in [2.45, 2.75) is 25.2 Å². The largest absolute Gasteiger partial charge is 0.486 e. The summed E-state index contributed by atoms with van der Waals surface area (Å²) in [7, 11) is 0. The van der Waals surface area contributed by atoms with E-state index in [1.807, 2.05) is 30.3 Å². The molecule has 2 heterocycles. The first-order valence-electron chi connectivity index (χ1n) is 9.50. The van der Waals surface area contributed by atoms with Gasteiger partial charge in [0.1, 0.15) is 12.4 Å². The van der Waals surface area contributed by atoms with Crippen molar-refractivity contribution in [3.63, 3.8) is 0 Å². The summed E-state index contributed by atoms with van der Waals surface area (Å²) in [5.41, 5.74) is 0. The first-order chi connectivity index (χ1) is 14.5. The fourth-order valence-electron chi connectivity index (χ4n) is 2.61. The number of ether oxygens (including phenoxy) is 2. The molecule has 0 radical (unpaired) electrons. The second kappa shape index (κ2) is 12.8. The van der Waals surface area contributed by atoms with E-state index in [1.165, 1.54) is 0 Å². The van der Waals surface area contributed by atoms with Crippen LogP contribution < -0.4 is 4.74 Å². The molecule has 164 valence electrons. The maximum atomic E-state index is 9.10. The third-order valence-electron chi connectivity index (χ3n) is 4.15. The minimum atomic E-state index is -1.82. The highest BCUT2D eigenvalue weighted by atomic mass is 32.2. The molecule has 10 nitrogen and oxygen atoms in total.